The summed E-state index contributed by atoms with van der Waals surface area (Å²) < 4.78 is 14.1. The summed E-state index contributed by atoms with van der Waals surface area (Å²) in [6.45, 7) is 6.15. The van der Waals surface area contributed by atoms with E-state index in [9.17, 15) is 9.18 Å². The van der Waals surface area contributed by atoms with E-state index in [1.807, 2.05) is 25.8 Å². The van der Waals surface area contributed by atoms with Gasteiger partial charge in [-0.1, -0.05) is 13.0 Å². The van der Waals surface area contributed by atoms with Crippen LogP contribution in [0.15, 0.2) is 24.3 Å². The van der Waals surface area contributed by atoms with Crippen LogP contribution in [0.3, 0.4) is 0 Å². The minimum Gasteiger partial charge on any atom is -0.478 e. The maximum Gasteiger partial charge on any atom is 0.328 e. The lowest BCUT2D eigenvalue weighted by atomic mass is 9.99. The van der Waals surface area contributed by atoms with Crippen molar-refractivity contribution in [2.45, 2.75) is 32.7 Å². The zero-order valence-corrected chi connectivity index (χ0v) is 11.8. The molecule has 0 saturated carbocycles. The highest BCUT2D eigenvalue weighted by atomic mass is 19.1. The fraction of sp³-hybridized carbons (Fsp3) is 0.400. The van der Waals surface area contributed by atoms with Crippen molar-refractivity contribution in [1.29, 1.82) is 0 Å². The summed E-state index contributed by atoms with van der Waals surface area (Å²) >= 11 is 0. The van der Waals surface area contributed by atoms with Crippen LogP contribution < -0.4 is 4.90 Å². The first-order valence-electron chi connectivity index (χ1n) is 6.22. The van der Waals surface area contributed by atoms with Gasteiger partial charge in [-0.3, -0.25) is 0 Å². The highest BCUT2D eigenvalue weighted by Crippen LogP contribution is 2.28. The highest BCUT2D eigenvalue weighted by Gasteiger charge is 2.23. The molecular formula is C15H20FNO2. The van der Waals surface area contributed by atoms with Gasteiger partial charge in [0, 0.05) is 18.7 Å². The second-order valence-electron chi connectivity index (χ2n) is 5.11. The maximum atomic E-state index is 14.1. The number of benzene rings is 1. The summed E-state index contributed by atoms with van der Waals surface area (Å²) in [7, 11) is 1.86. The summed E-state index contributed by atoms with van der Waals surface area (Å²) in [6, 6.07) is 4.73. The molecule has 0 atom stereocenters. The van der Waals surface area contributed by atoms with Crippen LogP contribution in [-0.2, 0) is 4.79 Å². The summed E-state index contributed by atoms with van der Waals surface area (Å²) in [4.78, 5) is 12.3. The van der Waals surface area contributed by atoms with Crippen molar-refractivity contribution in [1.82, 2.24) is 0 Å². The average molecular weight is 265 g/mol. The first-order chi connectivity index (χ1) is 8.77. The second-order valence-corrected chi connectivity index (χ2v) is 5.11. The fourth-order valence-corrected chi connectivity index (χ4v) is 1.63. The topological polar surface area (TPSA) is 40.5 Å². The number of carboxylic acids is 1. The zero-order chi connectivity index (χ0) is 14.6. The van der Waals surface area contributed by atoms with Gasteiger partial charge in [0.2, 0.25) is 0 Å². The lowest BCUT2D eigenvalue weighted by Gasteiger charge is -2.37. The lowest BCUT2D eigenvalue weighted by molar-refractivity contribution is -0.131. The molecule has 104 valence electrons. The van der Waals surface area contributed by atoms with Crippen LogP contribution in [0.5, 0.6) is 0 Å². The van der Waals surface area contributed by atoms with E-state index in [1.165, 1.54) is 12.1 Å². The van der Waals surface area contributed by atoms with Crippen LogP contribution >= 0.6 is 0 Å². The number of hydrogen-bond acceptors (Lipinski definition) is 2. The predicted octanol–water partition coefficient (Wildman–Crippen LogP) is 3.55. The second kappa shape index (κ2) is 5.87. The third kappa shape index (κ3) is 3.81. The first kappa shape index (κ1) is 15.2. The van der Waals surface area contributed by atoms with E-state index in [0.717, 1.165) is 12.5 Å². The van der Waals surface area contributed by atoms with Crippen LogP contribution in [0, 0.1) is 5.82 Å². The molecule has 0 radical (unpaired) electrons. The van der Waals surface area contributed by atoms with E-state index in [-0.39, 0.29) is 11.4 Å². The molecule has 1 aromatic carbocycles. The van der Waals surface area contributed by atoms with Crippen LogP contribution in [0.2, 0.25) is 0 Å². The standard InChI is InChI=1S/C15H20FNO2/c1-5-15(2,3)17(4)13-8-6-11(10-12(13)16)7-9-14(18)19/h6-10H,5H2,1-4H3,(H,18,19). The van der Waals surface area contributed by atoms with Crippen molar-refractivity contribution in [2.24, 2.45) is 0 Å². The van der Waals surface area contributed by atoms with Gasteiger partial charge in [-0.25, -0.2) is 9.18 Å². The van der Waals surface area contributed by atoms with E-state index in [4.69, 9.17) is 5.11 Å². The Morgan fingerprint density at radius 2 is 2.11 bits per heavy atom. The number of aliphatic carboxylic acids is 1. The highest BCUT2D eigenvalue weighted by molar-refractivity contribution is 5.85. The zero-order valence-electron chi connectivity index (χ0n) is 11.8. The number of anilines is 1. The van der Waals surface area contributed by atoms with Crippen molar-refractivity contribution in [3.8, 4) is 0 Å². The summed E-state index contributed by atoms with van der Waals surface area (Å²) in [5, 5.41) is 8.54. The van der Waals surface area contributed by atoms with Crippen LogP contribution in [0.4, 0.5) is 10.1 Å². The Morgan fingerprint density at radius 1 is 1.47 bits per heavy atom. The number of carboxylic acid groups (broad SMARTS) is 1. The minimum absolute atomic E-state index is 0.140. The molecule has 1 N–H and O–H groups in total. The molecule has 0 amide bonds. The smallest absolute Gasteiger partial charge is 0.328 e. The summed E-state index contributed by atoms with van der Waals surface area (Å²) in [5.74, 6) is -1.40. The Labute approximate surface area is 113 Å². The van der Waals surface area contributed by atoms with Crippen LogP contribution in [0.25, 0.3) is 6.08 Å². The molecule has 1 aromatic rings. The number of nitrogens with zero attached hydrogens (tertiary/aromatic N) is 1. The summed E-state index contributed by atoms with van der Waals surface area (Å²) in [5.41, 5.74) is 0.907. The summed E-state index contributed by atoms with van der Waals surface area (Å²) in [6.07, 6.45) is 3.26. The van der Waals surface area contributed by atoms with E-state index in [0.29, 0.717) is 11.3 Å². The molecule has 0 saturated heterocycles. The molecule has 0 aliphatic rings. The van der Waals surface area contributed by atoms with Gasteiger partial charge in [-0.05, 0) is 44.0 Å². The predicted molar refractivity (Wildman–Crippen MR) is 75.8 cm³/mol. The van der Waals surface area contributed by atoms with Gasteiger partial charge in [0.05, 0.1) is 5.69 Å². The van der Waals surface area contributed by atoms with Crippen molar-refractivity contribution >= 4 is 17.7 Å². The molecule has 1 rings (SSSR count). The van der Waals surface area contributed by atoms with Crippen molar-refractivity contribution in [2.75, 3.05) is 11.9 Å². The quantitative estimate of drug-likeness (QED) is 0.828. The van der Waals surface area contributed by atoms with Gasteiger partial charge in [0.1, 0.15) is 5.82 Å². The molecule has 0 unspecified atom stereocenters. The molecule has 0 aromatic heterocycles. The van der Waals surface area contributed by atoms with E-state index in [2.05, 4.69) is 6.92 Å². The van der Waals surface area contributed by atoms with Gasteiger partial charge >= 0.3 is 5.97 Å². The minimum atomic E-state index is -1.05. The van der Waals surface area contributed by atoms with Gasteiger partial charge in [-0.2, -0.15) is 0 Å². The maximum absolute atomic E-state index is 14.1. The van der Waals surface area contributed by atoms with E-state index >= 15 is 0 Å². The fourth-order valence-electron chi connectivity index (χ4n) is 1.63. The molecule has 0 spiro atoms. The van der Waals surface area contributed by atoms with Crippen molar-refractivity contribution < 1.29 is 14.3 Å². The molecule has 0 fully saturated rings. The molecule has 3 nitrogen and oxygen atoms in total. The molecule has 4 heteroatoms. The molecule has 19 heavy (non-hydrogen) atoms. The Bertz CT molecular complexity index is 495. The van der Waals surface area contributed by atoms with Gasteiger partial charge < -0.3 is 10.0 Å². The Kier molecular flexibility index (Phi) is 4.70. The number of rotatable bonds is 5. The molecule has 0 aliphatic carbocycles. The van der Waals surface area contributed by atoms with Crippen LogP contribution in [0.1, 0.15) is 32.8 Å². The Hall–Kier alpha value is -1.84. The molecule has 0 heterocycles. The normalized spacial score (nSPS) is 11.8. The first-order valence-corrected chi connectivity index (χ1v) is 6.22. The van der Waals surface area contributed by atoms with Gasteiger partial charge in [0.15, 0.2) is 0 Å². The largest absolute Gasteiger partial charge is 0.478 e. The van der Waals surface area contributed by atoms with E-state index in [1.54, 1.807) is 12.1 Å². The van der Waals surface area contributed by atoms with Gasteiger partial charge in [0.25, 0.3) is 0 Å². The monoisotopic (exact) mass is 265 g/mol. The Morgan fingerprint density at radius 3 is 2.58 bits per heavy atom. The number of carbonyl (C=O) groups is 1. The third-order valence-electron chi connectivity index (χ3n) is 3.52. The van der Waals surface area contributed by atoms with Crippen LogP contribution in [-0.4, -0.2) is 23.7 Å². The van der Waals surface area contributed by atoms with E-state index < -0.39 is 5.97 Å². The number of halogens is 1. The molecule has 0 aliphatic heterocycles. The third-order valence-corrected chi connectivity index (χ3v) is 3.52. The van der Waals surface area contributed by atoms with Gasteiger partial charge in [-0.15, -0.1) is 0 Å². The molecule has 0 bridgehead atoms. The van der Waals surface area contributed by atoms with Crippen molar-refractivity contribution in [3.63, 3.8) is 0 Å². The SMILES string of the molecule is CCC(C)(C)N(C)c1ccc(C=CC(=O)O)cc1F. The Balaban J connectivity index is 3.04. The van der Waals surface area contributed by atoms with Crippen molar-refractivity contribution in [3.05, 3.63) is 35.7 Å². The molecular weight excluding hydrogens is 245 g/mol. The number of hydrogen-bond donors (Lipinski definition) is 1. The average Bonchev–Trinajstić information content (AvgIpc) is 2.35. The lowest BCUT2D eigenvalue weighted by Crippen LogP contribution is -2.41.